The van der Waals surface area contributed by atoms with Crippen molar-refractivity contribution in [3.05, 3.63) is 40.9 Å². The lowest BCUT2D eigenvalue weighted by molar-refractivity contribution is -0.116. The van der Waals surface area contributed by atoms with Crippen molar-refractivity contribution in [2.24, 2.45) is 0 Å². The number of hydrogen-bond acceptors (Lipinski definition) is 8. The van der Waals surface area contributed by atoms with E-state index < -0.39 is 10.8 Å². The maximum atomic E-state index is 12.7. The summed E-state index contributed by atoms with van der Waals surface area (Å²) in [6.07, 6.45) is 3.72. The summed E-state index contributed by atoms with van der Waals surface area (Å²) in [5, 5.41) is 4.72. The molecule has 0 saturated heterocycles. The quantitative estimate of drug-likeness (QED) is 0.528. The van der Waals surface area contributed by atoms with Gasteiger partial charge in [0.15, 0.2) is 0 Å². The van der Waals surface area contributed by atoms with Gasteiger partial charge in [0.2, 0.25) is 5.88 Å². The van der Waals surface area contributed by atoms with Crippen LogP contribution < -0.4 is 24.3 Å². The fraction of sp³-hybridized carbons (Fsp3) is 0.364. The number of carbonyl (C=O) groups excluding carboxylic acids is 1. The van der Waals surface area contributed by atoms with Gasteiger partial charge in [-0.15, -0.1) is 0 Å². The van der Waals surface area contributed by atoms with Gasteiger partial charge < -0.3 is 24.3 Å². The first-order valence-corrected chi connectivity index (χ1v) is 10.9. The smallest absolute Gasteiger partial charge is 0.237 e. The summed E-state index contributed by atoms with van der Waals surface area (Å²) < 4.78 is 34.0. The highest BCUT2D eigenvalue weighted by atomic mass is 32.2. The van der Waals surface area contributed by atoms with Gasteiger partial charge >= 0.3 is 0 Å². The number of rotatable bonds is 12. The molecule has 2 rings (SSSR count). The molecule has 1 aromatic heterocycles. The van der Waals surface area contributed by atoms with Crippen molar-refractivity contribution in [1.82, 2.24) is 4.98 Å². The van der Waals surface area contributed by atoms with Crippen molar-refractivity contribution in [2.75, 3.05) is 40.3 Å². The Morgan fingerprint density at radius 1 is 1.06 bits per heavy atom. The summed E-state index contributed by atoms with van der Waals surface area (Å²) in [5.41, 5.74) is 2.09. The van der Waals surface area contributed by atoms with Crippen LogP contribution in [-0.2, 0) is 21.3 Å². The van der Waals surface area contributed by atoms with Crippen molar-refractivity contribution in [1.29, 1.82) is 0 Å². The predicted molar refractivity (Wildman–Crippen MR) is 122 cm³/mol. The molecule has 0 aliphatic heterocycles. The molecule has 0 fully saturated rings. The molecule has 0 aliphatic rings. The molecule has 1 atom stereocenters. The third-order valence-corrected chi connectivity index (χ3v) is 5.40. The van der Waals surface area contributed by atoms with E-state index in [0.29, 0.717) is 47.3 Å². The van der Waals surface area contributed by atoms with E-state index in [4.69, 9.17) is 18.9 Å². The lowest BCUT2D eigenvalue weighted by Gasteiger charge is -2.12. The van der Waals surface area contributed by atoms with Gasteiger partial charge in [0, 0.05) is 36.7 Å². The van der Waals surface area contributed by atoms with Crippen LogP contribution in [0.1, 0.15) is 24.5 Å². The van der Waals surface area contributed by atoms with Crippen LogP contribution in [-0.4, -0.2) is 50.0 Å². The summed E-state index contributed by atoms with van der Waals surface area (Å²) in [5.74, 6) is 2.46. The fourth-order valence-electron chi connectivity index (χ4n) is 2.79. The van der Waals surface area contributed by atoms with E-state index in [1.807, 2.05) is 6.07 Å². The molecule has 0 radical (unpaired) electrons. The average Bonchev–Trinajstić information content (AvgIpc) is 2.77. The molecule has 0 saturated carbocycles. The second kappa shape index (κ2) is 11.9. The fourth-order valence-corrected chi connectivity index (χ4v) is 3.66. The van der Waals surface area contributed by atoms with Crippen molar-refractivity contribution in [3.63, 3.8) is 0 Å². The van der Waals surface area contributed by atoms with Crippen LogP contribution in [0.4, 0.5) is 5.69 Å². The molecule has 1 N–H and O–H groups in total. The summed E-state index contributed by atoms with van der Waals surface area (Å²) in [7, 11) is 4.86. The Balaban J connectivity index is 2.17. The number of methoxy groups -OCH3 is 4. The predicted octanol–water partition coefficient (Wildman–Crippen LogP) is 3.43. The summed E-state index contributed by atoms with van der Waals surface area (Å²) in [6.45, 7) is 2.01. The first-order chi connectivity index (χ1) is 14.9. The van der Waals surface area contributed by atoms with Crippen LogP contribution in [0.3, 0.4) is 0 Å². The molecule has 0 aliphatic carbocycles. The molecule has 0 spiro atoms. The van der Waals surface area contributed by atoms with Gasteiger partial charge in [0.05, 0.1) is 56.2 Å². The Labute approximate surface area is 185 Å². The molecule has 1 unspecified atom stereocenters. The van der Waals surface area contributed by atoms with E-state index >= 15 is 0 Å². The first-order valence-electron chi connectivity index (χ1n) is 9.53. The van der Waals surface area contributed by atoms with Crippen LogP contribution in [0.2, 0.25) is 0 Å². The molecule has 1 aromatic carbocycles. The molecule has 9 heteroatoms. The maximum absolute atomic E-state index is 12.7. The van der Waals surface area contributed by atoms with Crippen molar-refractivity contribution >= 4 is 28.3 Å². The van der Waals surface area contributed by atoms with Crippen molar-refractivity contribution in [2.45, 2.75) is 19.1 Å². The Kier molecular flexibility index (Phi) is 9.33. The van der Waals surface area contributed by atoms with Gasteiger partial charge in [-0.1, -0.05) is 0 Å². The first kappa shape index (κ1) is 24.2. The monoisotopic (exact) mass is 448 g/mol. The molecule has 1 heterocycles. The lowest BCUT2D eigenvalue weighted by atomic mass is 10.1. The molecule has 31 heavy (non-hydrogen) atoms. The Bertz CT molecular complexity index is 936. The summed E-state index contributed by atoms with van der Waals surface area (Å²) in [6, 6.07) is 5.29. The van der Waals surface area contributed by atoms with Gasteiger partial charge in [0.25, 0.3) is 0 Å². The van der Waals surface area contributed by atoms with Crippen LogP contribution in [0.5, 0.6) is 23.1 Å². The minimum absolute atomic E-state index is 0.0891. The highest BCUT2D eigenvalue weighted by Gasteiger charge is 2.12. The number of Topliss-reactive ketones (excluding diaryl/α,β-unsaturated/α-hetero) is 1. The molecule has 2 aromatic rings. The number of benzene rings is 1. The number of anilines is 1. The van der Waals surface area contributed by atoms with Crippen LogP contribution >= 0.6 is 0 Å². The highest BCUT2D eigenvalue weighted by molar-refractivity contribution is 7.87. The van der Waals surface area contributed by atoms with Crippen LogP contribution in [0.15, 0.2) is 29.8 Å². The molecule has 0 bridgehead atoms. The van der Waals surface area contributed by atoms with Gasteiger partial charge in [-0.2, -0.15) is 0 Å². The Hall–Kier alpha value is -3.07. The topological polar surface area (TPSA) is 96.0 Å². The zero-order valence-corrected chi connectivity index (χ0v) is 19.2. The van der Waals surface area contributed by atoms with Gasteiger partial charge in [-0.3, -0.25) is 9.00 Å². The van der Waals surface area contributed by atoms with E-state index in [2.05, 4.69) is 10.3 Å². The molecule has 168 valence electrons. The van der Waals surface area contributed by atoms with Gasteiger partial charge in [0.1, 0.15) is 23.0 Å². The standard InChI is InChI=1S/C22H28N2O6S/c1-15(25)6-8-23-19-10-16(13-24-22(19)30-5)14-31(26)9-7-18-20(28-3)11-17(27-2)12-21(18)29-4/h7,9-13,23H,6,8,14H2,1-5H3/b9-7+. The Morgan fingerprint density at radius 2 is 1.74 bits per heavy atom. The van der Waals surface area contributed by atoms with Crippen molar-refractivity contribution in [3.8, 4) is 23.1 Å². The SMILES string of the molecule is COc1cc(OC)c(/C=C/S(=O)Cc2cnc(OC)c(NCCC(C)=O)c2)c(OC)c1. The lowest BCUT2D eigenvalue weighted by Crippen LogP contribution is -2.08. The molecule has 0 amide bonds. The number of carbonyl (C=O) groups is 1. The van der Waals surface area contributed by atoms with E-state index in [1.54, 1.807) is 51.1 Å². The minimum Gasteiger partial charge on any atom is -0.496 e. The van der Waals surface area contributed by atoms with Gasteiger partial charge in [-0.25, -0.2) is 4.98 Å². The number of ether oxygens (including phenoxy) is 4. The van der Waals surface area contributed by atoms with E-state index in [1.165, 1.54) is 14.0 Å². The zero-order valence-electron chi connectivity index (χ0n) is 18.4. The van der Waals surface area contributed by atoms with E-state index in [-0.39, 0.29) is 11.5 Å². The van der Waals surface area contributed by atoms with Crippen molar-refractivity contribution < 1.29 is 28.0 Å². The number of aromatic nitrogens is 1. The second-order valence-corrected chi connectivity index (χ2v) is 7.87. The number of nitrogens with one attached hydrogen (secondary N) is 1. The molecule has 8 nitrogen and oxygen atoms in total. The number of pyridine rings is 1. The summed E-state index contributed by atoms with van der Waals surface area (Å²) >= 11 is 0. The highest BCUT2D eigenvalue weighted by Crippen LogP contribution is 2.35. The zero-order chi connectivity index (χ0) is 22.8. The van der Waals surface area contributed by atoms with Crippen LogP contribution in [0.25, 0.3) is 6.08 Å². The second-order valence-electron chi connectivity index (χ2n) is 6.55. The molecular formula is C22H28N2O6S. The largest absolute Gasteiger partial charge is 0.496 e. The van der Waals surface area contributed by atoms with E-state index in [9.17, 15) is 9.00 Å². The van der Waals surface area contributed by atoms with E-state index in [0.717, 1.165) is 5.56 Å². The number of hydrogen-bond donors (Lipinski definition) is 1. The Morgan fingerprint density at radius 3 is 2.29 bits per heavy atom. The summed E-state index contributed by atoms with van der Waals surface area (Å²) in [4.78, 5) is 15.4. The third kappa shape index (κ3) is 6.99. The number of nitrogens with zero attached hydrogens (tertiary/aromatic N) is 1. The normalized spacial score (nSPS) is 11.8. The van der Waals surface area contributed by atoms with Gasteiger partial charge in [-0.05, 0) is 24.6 Å². The maximum Gasteiger partial charge on any atom is 0.237 e. The minimum atomic E-state index is -1.31. The third-order valence-electron chi connectivity index (χ3n) is 4.34. The number of ketones is 1. The molecular weight excluding hydrogens is 420 g/mol. The average molecular weight is 449 g/mol. The van der Waals surface area contributed by atoms with Crippen LogP contribution in [0, 0.1) is 0 Å².